The Hall–Kier alpha value is -2.87. The zero-order chi connectivity index (χ0) is 24.6. The second-order valence-electron chi connectivity index (χ2n) is 8.09. The fraction of sp³-hybridized carbons (Fsp3) is 0.269. The number of benzene rings is 3. The molecular weight excluding hydrogens is 472 g/mol. The Morgan fingerprint density at radius 3 is 2.21 bits per heavy atom. The van der Waals surface area contributed by atoms with Crippen molar-refractivity contribution in [2.75, 3.05) is 7.11 Å². The lowest BCUT2D eigenvalue weighted by molar-refractivity contribution is -0.123. The number of hydrogen-bond acceptors (Lipinski definition) is 4. The van der Waals surface area contributed by atoms with Crippen LogP contribution in [-0.2, 0) is 27.7 Å². The molecule has 2 atom stereocenters. The zero-order valence-electron chi connectivity index (χ0n) is 19.2. The molecule has 0 aromatic heterocycles. The van der Waals surface area contributed by atoms with Crippen LogP contribution in [0.25, 0.3) is 0 Å². The largest absolute Gasteiger partial charge is 0.495 e. The Balaban J connectivity index is 1.78. The number of halogens is 1. The van der Waals surface area contributed by atoms with Crippen molar-refractivity contribution >= 4 is 27.5 Å². The lowest BCUT2D eigenvalue weighted by Crippen LogP contribution is -2.50. The topological polar surface area (TPSA) is 84.5 Å². The van der Waals surface area contributed by atoms with Crippen molar-refractivity contribution in [3.63, 3.8) is 0 Å². The van der Waals surface area contributed by atoms with E-state index in [0.717, 1.165) is 18.4 Å². The number of amides is 1. The maximum atomic E-state index is 13.2. The summed E-state index contributed by atoms with van der Waals surface area (Å²) < 4.78 is 34.2. The molecule has 0 fully saturated rings. The minimum atomic E-state index is -4.10. The van der Waals surface area contributed by atoms with Crippen molar-refractivity contribution in [2.45, 2.75) is 43.2 Å². The molecule has 0 aliphatic heterocycles. The van der Waals surface area contributed by atoms with E-state index in [2.05, 4.69) is 10.0 Å². The summed E-state index contributed by atoms with van der Waals surface area (Å²) in [4.78, 5) is 13.1. The summed E-state index contributed by atoms with van der Waals surface area (Å²) in [7, 11) is -2.72. The number of carbonyl (C=O) groups excluding carboxylic acids is 1. The molecule has 2 N–H and O–H groups in total. The van der Waals surface area contributed by atoms with Gasteiger partial charge in [0.25, 0.3) is 0 Å². The lowest BCUT2D eigenvalue weighted by Gasteiger charge is -2.22. The minimum Gasteiger partial charge on any atom is -0.495 e. The Labute approximate surface area is 206 Å². The number of methoxy groups -OCH3 is 1. The van der Waals surface area contributed by atoms with Crippen LogP contribution in [0.3, 0.4) is 0 Å². The Morgan fingerprint density at radius 2 is 1.59 bits per heavy atom. The summed E-state index contributed by atoms with van der Waals surface area (Å²) in [6.07, 6.45) is 1.72. The molecule has 6 nitrogen and oxygen atoms in total. The number of hydrogen-bond donors (Lipinski definition) is 2. The SMILES string of the molecule is COc1ccc(Cl)cc1S(=O)(=O)N[C@@H](Cc1ccccc1)C(=O)N[C@@H](C)CCc1ccccc1. The Kier molecular flexibility index (Phi) is 9.10. The van der Waals surface area contributed by atoms with Gasteiger partial charge in [0.15, 0.2) is 0 Å². The molecule has 0 saturated heterocycles. The van der Waals surface area contributed by atoms with Gasteiger partial charge in [-0.1, -0.05) is 72.3 Å². The van der Waals surface area contributed by atoms with Crippen LogP contribution in [0.15, 0.2) is 83.8 Å². The van der Waals surface area contributed by atoms with Crippen molar-refractivity contribution in [3.05, 3.63) is 95.0 Å². The summed E-state index contributed by atoms with van der Waals surface area (Å²) >= 11 is 6.04. The van der Waals surface area contributed by atoms with Gasteiger partial charge in [-0.05, 0) is 55.5 Å². The first-order valence-electron chi connectivity index (χ1n) is 11.0. The standard InChI is InChI=1S/C26H29ClN2O4S/c1-19(13-14-20-9-5-3-6-10-20)28-26(30)23(17-21-11-7-4-8-12-21)29-34(31,32)25-18-22(27)15-16-24(25)33-2/h3-12,15-16,18-19,23,29H,13-14,17H2,1-2H3,(H,28,30)/t19-,23-/m0/s1. The van der Waals surface area contributed by atoms with Gasteiger partial charge < -0.3 is 10.1 Å². The van der Waals surface area contributed by atoms with Gasteiger partial charge in [0.2, 0.25) is 15.9 Å². The first-order chi connectivity index (χ1) is 16.3. The molecule has 0 bridgehead atoms. The van der Waals surface area contributed by atoms with Gasteiger partial charge in [-0.15, -0.1) is 0 Å². The van der Waals surface area contributed by atoms with E-state index in [1.54, 1.807) is 6.07 Å². The third-order valence-corrected chi connectivity index (χ3v) is 7.14. The molecule has 180 valence electrons. The highest BCUT2D eigenvalue weighted by Gasteiger charge is 2.29. The highest BCUT2D eigenvalue weighted by Crippen LogP contribution is 2.27. The van der Waals surface area contributed by atoms with Crippen LogP contribution in [0.4, 0.5) is 0 Å². The van der Waals surface area contributed by atoms with Gasteiger partial charge >= 0.3 is 0 Å². The minimum absolute atomic E-state index is 0.120. The Bertz CT molecular complexity index is 1190. The van der Waals surface area contributed by atoms with E-state index in [0.29, 0.717) is 0 Å². The number of rotatable bonds is 11. The second kappa shape index (κ2) is 12.0. The maximum Gasteiger partial charge on any atom is 0.245 e. The van der Waals surface area contributed by atoms with E-state index in [9.17, 15) is 13.2 Å². The molecular formula is C26H29ClN2O4S. The fourth-order valence-corrected chi connectivity index (χ4v) is 5.22. The summed E-state index contributed by atoms with van der Waals surface area (Å²) in [5, 5.41) is 3.21. The third-order valence-electron chi connectivity index (χ3n) is 5.41. The molecule has 3 aromatic rings. The van der Waals surface area contributed by atoms with Crippen LogP contribution in [-0.4, -0.2) is 33.5 Å². The predicted octanol–water partition coefficient (Wildman–Crippen LogP) is 4.38. The van der Waals surface area contributed by atoms with Gasteiger partial charge in [-0.3, -0.25) is 4.79 Å². The summed E-state index contributed by atoms with van der Waals surface area (Å²) in [5.74, 6) is -0.249. The lowest BCUT2D eigenvalue weighted by atomic mass is 10.0. The van der Waals surface area contributed by atoms with Gasteiger partial charge in [0, 0.05) is 11.1 Å². The molecule has 0 saturated carbocycles. The van der Waals surface area contributed by atoms with E-state index >= 15 is 0 Å². The average Bonchev–Trinajstić information content (AvgIpc) is 2.83. The third kappa shape index (κ3) is 7.32. The Morgan fingerprint density at radius 1 is 0.971 bits per heavy atom. The molecule has 0 heterocycles. The number of aryl methyl sites for hydroxylation is 1. The molecule has 0 unspecified atom stereocenters. The van der Waals surface area contributed by atoms with Gasteiger partial charge in [-0.25, -0.2) is 8.42 Å². The van der Waals surface area contributed by atoms with Gasteiger partial charge in [0.1, 0.15) is 16.7 Å². The molecule has 0 radical (unpaired) electrons. The van der Waals surface area contributed by atoms with Crippen LogP contribution >= 0.6 is 11.6 Å². The molecule has 34 heavy (non-hydrogen) atoms. The van der Waals surface area contributed by atoms with Crippen molar-refractivity contribution in [3.8, 4) is 5.75 Å². The molecule has 3 aromatic carbocycles. The zero-order valence-corrected chi connectivity index (χ0v) is 20.8. The molecule has 0 aliphatic carbocycles. The second-order valence-corrected chi connectivity index (χ2v) is 10.2. The molecule has 3 rings (SSSR count). The maximum absolute atomic E-state index is 13.2. The molecule has 1 amide bonds. The van der Waals surface area contributed by atoms with E-state index in [4.69, 9.17) is 16.3 Å². The monoisotopic (exact) mass is 500 g/mol. The van der Waals surface area contributed by atoms with E-state index in [-0.39, 0.29) is 28.1 Å². The highest BCUT2D eigenvalue weighted by molar-refractivity contribution is 7.89. The summed E-state index contributed by atoms with van der Waals surface area (Å²) in [6, 6.07) is 22.4. The van der Waals surface area contributed by atoms with Crippen LogP contribution in [0.5, 0.6) is 5.75 Å². The van der Waals surface area contributed by atoms with Crippen LogP contribution in [0.1, 0.15) is 24.5 Å². The van der Waals surface area contributed by atoms with E-state index in [1.807, 2.05) is 67.6 Å². The van der Waals surface area contributed by atoms with Crippen LogP contribution in [0, 0.1) is 0 Å². The van der Waals surface area contributed by atoms with Crippen molar-refractivity contribution < 1.29 is 17.9 Å². The first-order valence-corrected chi connectivity index (χ1v) is 12.9. The fourth-order valence-electron chi connectivity index (χ4n) is 3.59. The smallest absolute Gasteiger partial charge is 0.245 e. The number of carbonyl (C=O) groups is 1. The quantitative estimate of drug-likeness (QED) is 0.409. The van der Waals surface area contributed by atoms with Crippen LogP contribution in [0.2, 0.25) is 5.02 Å². The van der Waals surface area contributed by atoms with E-state index < -0.39 is 22.0 Å². The number of nitrogens with one attached hydrogen (secondary N) is 2. The van der Waals surface area contributed by atoms with Gasteiger partial charge in [-0.2, -0.15) is 4.72 Å². The summed E-state index contributed by atoms with van der Waals surface area (Å²) in [6.45, 7) is 1.91. The number of sulfonamides is 1. The van der Waals surface area contributed by atoms with Crippen molar-refractivity contribution in [1.29, 1.82) is 0 Å². The summed E-state index contributed by atoms with van der Waals surface area (Å²) in [5.41, 5.74) is 2.01. The normalized spacial score (nSPS) is 13.1. The molecule has 0 aliphatic rings. The van der Waals surface area contributed by atoms with Gasteiger partial charge in [0.05, 0.1) is 7.11 Å². The average molecular weight is 501 g/mol. The van der Waals surface area contributed by atoms with Crippen molar-refractivity contribution in [2.24, 2.45) is 0 Å². The molecule has 0 spiro atoms. The van der Waals surface area contributed by atoms with E-state index in [1.165, 1.54) is 24.8 Å². The predicted molar refractivity (Wildman–Crippen MR) is 135 cm³/mol. The molecule has 8 heteroatoms. The van der Waals surface area contributed by atoms with Crippen LogP contribution < -0.4 is 14.8 Å². The number of ether oxygens (including phenoxy) is 1. The first kappa shape index (κ1) is 25.7. The highest BCUT2D eigenvalue weighted by atomic mass is 35.5. The van der Waals surface area contributed by atoms with Crippen molar-refractivity contribution in [1.82, 2.24) is 10.0 Å².